The molecule has 0 saturated heterocycles. The maximum absolute atomic E-state index is 13.6. The van der Waals surface area contributed by atoms with Gasteiger partial charge in [0.05, 0.1) is 6.04 Å². The largest absolute Gasteiger partial charge is 0.454 e. The average molecular weight is 305 g/mol. The molecule has 1 unspecified atom stereocenters. The molecule has 0 aliphatic carbocycles. The molecule has 2 aromatic carbocycles. The first-order valence-corrected chi connectivity index (χ1v) is 6.70. The molecule has 0 saturated carbocycles. The van der Waals surface area contributed by atoms with Crippen molar-refractivity contribution in [2.75, 3.05) is 6.79 Å². The van der Waals surface area contributed by atoms with Crippen molar-refractivity contribution >= 4 is 5.91 Å². The van der Waals surface area contributed by atoms with Crippen LogP contribution in [0.5, 0.6) is 11.5 Å². The van der Waals surface area contributed by atoms with Crippen LogP contribution in [0.1, 0.15) is 28.9 Å². The first kappa shape index (κ1) is 14.3. The van der Waals surface area contributed by atoms with Crippen LogP contribution in [0.4, 0.5) is 8.78 Å². The van der Waals surface area contributed by atoms with E-state index in [1.54, 1.807) is 25.1 Å². The Kier molecular flexibility index (Phi) is 3.66. The maximum atomic E-state index is 13.6. The smallest absolute Gasteiger partial charge is 0.257 e. The molecule has 0 bridgehead atoms. The molecule has 4 nitrogen and oxygen atoms in total. The van der Waals surface area contributed by atoms with Gasteiger partial charge in [0, 0.05) is 0 Å². The Morgan fingerprint density at radius 3 is 2.55 bits per heavy atom. The fraction of sp³-hybridized carbons (Fsp3) is 0.188. The van der Waals surface area contributed by atoms with E-state index in [0.717, 1.165) is 17.7 Å². The lowest BCUT2D eigenvalue weighted by Gasteiger charge is -2.15. The van der Waals surface area contributed by atoms with Gasteiger partial charge < -0.3 is 14.8 Å². The molecule has 22 heavy (non-hydrogen) atoms. The molecule has 0 spiro atoms. The number of halogens is 2. The lowest BCUT2D eigenvalue weighted by Crippen LogP contribution is -2.28. The predicted molar refractivity (Wildman–Crippen MR) is 74.8 cm³/mol. The lowest BCUT2D eigenvalue weighted by atomic mass is 10.1. The fourth-order valence-corrected chi connectivity index (χ4v) is 2.25. The number of nitrogens with one attached hydrogen (secondary N) is 1. The van der Waals surface area contributed by atoms with Crippen molar-refractivity contribution in [3.63, 3.8) is 0 Å². The van der Waals surface area contributed by atoms with E-state index in [-0.39, 0.29) is 6.79 Å². The van der Waals surface area contributed by atoms with Crippen molar-refractivity contribution < 1.29 is 23.0 Å². The van der Waals surface area contributed by atoms with Crippen LogP contribution in [0, 0.1) is 11.6 Å². The van der Waals surface area contributed by atoms with E-state index in [1.165, 1.54) is 6.07 Å². The molecule has 1 heterocycles. The van der Waals surface area contributed by atoms with E-state index in [0.29, 0.717) is 11.5 Å². The second kappa shape index (κ2) is 5.63. The zero-order valence-electron chi connectivity index (χ0n) is 11.7. The Labute approximate surface area is 125 Å². The monoisotopic (exact) mass is 305 g/mol. The number of carbonyl (C=O) groups excluding carboxylic acids is 1. The van der Waals surface area contributed by atoms with E-state index in [1.807, 2.05) is 0 Å². The van der Waals surface area contributed by atoms with Gasteiger partial charge in [0.1, 0.15) is 17.2 Å². The molecule has 0 radical (unpaired) electrons. The van der Waals surface area contributed by atoms with Gasteiger partial charge in [0.25, 0.3) is 5.91 Å². The molecular formula is C16H13F2NO3. The molecule has 1 aliphatic rings. The number of hydrogen-bond donors (Lipinski definition) is 1. The Hall–Kier alpha value is -2.63. The van der Waals surface area contributed by atoms with Gasteiger partial charge in [0.2, 0.25) is 6.79 Å². The van der Waals surface area contributed by atoms with Crippen LogP contribution < -0.4 is 14.8 Å². The average Bonchev–Trinajstić information content (AvgIpc) is 2.94. The highest BCUT2D eigenvalue weighted by molar-refractivity contribution is 5.95. The van der Waals surface area contributed by atoms with Gasteiger partial charge >= 0.3 is 0 Å². The van der Waals surface area contributed by atoms with E-state index >= 15 is 0 Å². The molecule has 0 fully saturated rings. The Morgan fingerprint density at radius 2 is 1.82 bits per heavy atom. The van der Waals surface area contributed by atoms with Crippen LogP contribution >= 0.6 is 0 Å². The Morgan fingerprint density at radius 1 is 1.14 bits per heavy atom. The number of amides is 1. The van der Waals surface area contributed by atoms with Crippen LogP contribution in [0.3, 0.4) is 0 Å². The van der Waals surface area contributed by atoms with Gasteiger partial charge in [-0.1, -0.05) is 12.1 Å². The fourth-order valence-electron chi connectivity index (χ4n) is 2.25. The number of hydrogen-bond acceptors (Lipinski definition) is 3. The summed E-state index contributed by atoms with van der Waals surface area (Å²) < 4.78 is 37.7. The van der Waals surface area contributed by atoms with Crippen molar-refractivity contribution in [1.29, 1.82) is 0 Å². The van der Waals surface area contributed by atoms with Gasteiger partial charge in [-0.05, 0) is 36.8 Å². The van der Waals surface area contributed by atoms with Gasteiger partial charge in [-0.15, -0.1) is 0 Å². The summed E-state index contributed by atoms with van der Waals surface area (Å²) in [6, 6.07) is 8.07. The third kappa shape index (κ3) is 2.59. The van der Waals surface area contributed by atoms with Gasteiger partial charge in [-0.25, -0.2) is 8.78 Å². The molecule has 1 amide bonds. The van der Waals surface area contributed by atoms with Crippen LogP contribution in [0.25, 0.3) is 0 Å². The van der Waals surface area contributed by atoms with Crippen LogP contribution in [-0.2, 0) is 0 Å². The summed E-state index contributed by atoms with van der Waals surface area (Å²) in [5, 5.41) is 2.57. The van der Waals surface area contributed by atoms with Gasteiger partial charge in [-0.2, -0.15) is 0 Å². The number of benzene rings is 2. The summed E-state index contributed by atoms with van der Waals surface area (Å²) in [4.78, 5) is 12.1. The minimum Gasteiger partial charge on any atom is -0.454 e. The molecule has 6 heteroatoms. The lowest BCUT2D eigenvalue weighted by molar-refractivity contribution is 0.0931. The number of fused-ring (bicyclic) bond motifs is 1. The minimum absolute atomic E-state index is 0.153. The summed E-state index contributed by atoms with van der Waals surface area (Å²) in [5.74, 6) is -1.38. The molecule has 114 valence electrons. The van der Waals surface area contributed by atoms with E-state index < -0.39 is 29.1 Å². The highest BCUT2D eigenvalue weighted by Gasteiger charge is 2.21. The molecule has 3 rings (SSSR count). The summed E-state index contributed by atoms with van der Waals surface area (Å²) >= 11 is 0. The molecule has 1 aliphatic heterocycles. The third-order valence-electron chi connectivity index (χ3n) is 3.43. The number of rotatable bonds is 3. The third-order valence-corrected chi connectivity index (χ3v) is 3.43. The summed E-state index contributed by atoms with van der Waals surface area (Å²) in [6.45, 7) is 1.87. The molecule has 1 N–H and O–H groups in total. The highest BCUT2D eigenvalue weighted by Crippen LogP contribution is 2.34. The predicted octanol–water partition coefficient (Wildman–Crippen LogP) is 3.18. The number of carbonyl (C=O) groups is 1. The Balaban J connectivity index is 1.79. The summed E-state index contributed by atoms with van der Waals surface area (Å²) in [7, 11) is 0. The zero-order valence-corrected chi connectivity index (χ0v) is 11.7. The maximum Gasteiger partial charge on any atom is 0.257 e. The summed E-state index contributed by atoms with van der Waals surface area (Å²) in [5.41, 5.74) is 0.157. The quantitative estimate of drug-likeness (QED) is 0.947. The van der Waals surface area contributed by atoms with Crippen LogP contribution in [0.15, 0.2) is 36.4 Å². The Bertz CT molecular complexity index is 713. The van der Waals surface area contributed by atoms with Crippen molar-refractivity contribution in [3.05, 3.63) is 59.2 Å². The van der Waals surface area contributed by atoms with E-state index in [4.69, 9.17) is 9.47 Å². The number of ether oxygens (including phenoxy) is 2. The molecule has 2 aromatic rings. The van der Waals surface area contributed by atoms with E-state index in [2.05, 4.69) is 5.32 Å². The van der Waals surface area contributed by atoms with Crippen molar-refractivity contribution in [2.45, 2.75) is 13.0 Å². The SMILES string of the molecule is CC(NC(=O)c1c(F)cccc1F)c1ccc2c(c1)OCO2. The molecule has 0 aromatic heterocycles. The van der Waals surface area contributed by atoms with E-state index in [9.17, 15) is 13.6 Å². The topological polar surface area (TPSA) is 47.6 Å². The van der Waals surface area contributed by atoms with Crippen LogP contribution in [0.2, 0.25) is 0 Å². The van der Waals surface area contributed by atoms with Crippen LogP contribution in [-0.4, -0.2) is 12.7 Å². The molecule has 1 atom stereocenters. The second-order valence-electron chi connectivity index (χ2n) is 4.90. The molecular weight excluding hydrogens is 292 g/mol. The van der Waals surface area contributed by atoms with Crippen molar-refractivity contribution in [2.24, 2.45) is 0 Å². The standard InChI is InChI=1S/C16H13F2NO3/c1-9(10-5-6-13-14(7-10)22-8-21-13)19-16(20)15-11(17)3-2-4-12(15)18/h2-7,9H,8H2,1H3,(H,19,20). The van der Waals surface area contributed by atoms with Crippen molar-refractivity contribution in [1.82, 2.24) is 5.32 Å². The normalized spacial score (nSPS) is 13.8. The summed E-state index contributed by atoms with van der Waals surface area (Å²) in [6.07, 6.45) is 0. The van der Waals surface area contributed by atoms with Gasteiger partial charge in [-0.3, -0.25) is 4.79 Å². The van der Waals surface area contributed by atoms with Crippen molar-refractivity contribution in [3.8, 4) is 11.5 Å². The van der Waals surface area contributed by atoms with Gasteiger partial charge in [0.15, 0.2) is 11.5 Å². The first-order chi connectivity index (χ1) is 10.6. The second-order valence-corrected chi connectivity index (χ2v) is 4.90. The first-order valence-electron chi connectivity index (χ1n) is 6.70. The highest BCUT2D eigenvalue weighted by atomic mass is 19.1. The zero-order chi connectivity index (χ0) is 15.7. The minimum atomic E-state index is -0.893.